The maximum atomic E-state index is 10.9. The molecule has 0 aliphatic carbocycles. The van der Waals surface area contributed by atoms with Gasteiger partial charge in [0, 0.05) is 0 Å². The number of carboxylic acids is 2. The Morgan fingerprint density at radius 1 is 1.06 bits per heavy atom. The fourth-order valence-corrected chi connectivity index (χ4v) is 1.56. The molecular formula is C12H16O4. The van der Waals surface area contributed by atoms with Crippen molar-refractivity contribution in [2.45, 2.75) is 27.2 Å². The quantitative estimate of drug-likeness (QED) is 0.827. The van der Waals surface area contributed by atoms with Crippen molar-refractivity contribution in [2.24, 2.45) is 0 Å². The third kappa shape index (κ3) is 2.59. The summed E-state index contributed by atoms with van der Waals surface area (Å²) in [7, 11) is 0. The summed E-state index contributed by atoms with van der Waals surface area (Å²) in [6.07, 6.45) is 0. The standard InChI is InChI=1S/C11H12O4.CH4/c1-6(2)9-7(10(12)13)4-3-5-8(9)11(14)15;/h3-6H,1-2H3,(H,12,13)(H,14,15);1H4. The van der Waals surface area contributed by atoms with Crippen molar-refractivity contribution >= 4 is 11.9 Å². The van der Waals surface area contributed by atoms with Gasteiger partial charge in [-0.25, -0.2) is 9.59 Å². The molecule has 0 saturated heterocycles. The Hall–Kier alpha value is -1.84. The molecule has 2 N–H and O–H groups in total. The van der Waals surface area contributed by atoms with Gasteiger partial charge >= 0.3 is 11.9 Å². The highest BCUT2D eigenvalue weighted by Crippen LogP contribution is 2.24. The van der Waals surface area contributed by atoms with Gasteiger partial charge in [-0.15, -0.1) is 0 Å². The third-order valence-electron chi connectivity index (χ3n) is 2.14. The minimum absolute atomic E-state index is 0. The fraction of sp³-hybridized carbons (Fsp3) is 0.333. The average Bonchev–Trinajstić information content (AvgIpc) is 2.16. The molecule has 0 radical (unpaired) electrons. The van der Waals surface area contributed by atoms with Crippen LogP contribution in [0.15, 0.2) is 18.2 Å². The second kappa shape index (κ2) is 5.30. The van der Waals surface area contributed by atoms with Crippen molar-refractivity contribution in [3.63, 3.8) is 0 Å². The summed E-state index contributed by atoms with van der Waals surface area (Å²) in [6, 6.07) is 4.28. The van der Waals surface area contributed by atoms with E-state index in [4.69, 9.17) is 10.2 Å². The molecule has 0 saturated carbocycles. The van der Waals surface area contributed by atoms with Gasteiger partial charge in [-0.1, -0.05) is 27.3 Å². The van der Waals surface area contributed by atoms with Gasteiger partial charge in [0.15, 0.2) is 0 Å². The first-order valence-corrected chi connectivity index (χ1v) is 4.54. The number of carbonyl (C=O) groups is 2. The highest BCUT2D eigenvalue weighted by atomic mass is 16.4. The lowest BCUT2D eigenvalue weighted by Gasteiger charge is -2.12. The first-order chi connectivity index (χ1) is 6.95. The average molecular weight is 224 g/mol. The molecule has 1 aromatic rings. The van der Waals surface area contributed by atoms with Gasteiger partial charge < -0.3 is 10.2 Å². The maximum Gasteiger partial charge on any atom is 0.335 e. The molecule has 88 valence electrons. The Morgan fingerprint density at radius 3 is 1.69 bits per heavy atom. The number of hydrogen-bond donors (Lipinski definition) is 2. The van der Waals surface area contributed by atoms with Gasteiger partial charge in [0.1, 0.15) is 0 Å². The van der Waals surface area contributed by atoms with Crippen LogP contribution in [0.3, 0.4) is 0 Å². The highest BCUT2D eigenvalue weighted by Gasteiger charge is 2.19. The molecular weight excluding hydrogens is 208 g/mol. The first kappa shape index (κ1) is 14.2. The SMILES string of the molecule is C.CC(C)c1c(C(=O)O)cccc1C(=O)O. The van der Waals surface area contributed by atoms with Crippen molar-refractivity contribution in [1.82, 2.24) is 0 Å². The van der Waals surface area contributed by atoms with E-state index in [0.29, 0.717) is 5.56 Å². The largest absolute Gasteiger partial charge is 0.478 e. The highest BCUT2D eigenvalue weighted by molar-refractivity contribution is 5.96. The van der Waals surface area contributed by atoms with E-state index in [1.54, 1.807) is 13.8 Å². The van der Waals surface area contributed by atoms with Gasteiger partial charge in [-0.3, -0.25) is 0 Å². The van der Waals surface area contributed by atoms with Gasteiger partial charge in [0.05, 0.1) is 11.1 Å². The third-order valence-corrected chi connectivity index (χ3v) is 2.14. The molecule has 0 amide bonds. The number of benzene rings is 1. The molecule has 1 aromatic carbocycles. The maximum absolute atomic E-state index is 10.9. The second-order valence-electron chi connectivity index (χ2n) is 3.53. The lowest BCUT2D eigenvalue weighted by molar-refractivity contribution is 0.0694. The van der Waals surface area contributed by atoms with Crippen LogP contribution in [-0.2, 0) is 0 Å². The van der Waals surface area contributed by atoms with E-state index in [0.717, 1.165) is 0 Å². The van der Waals surface area contributed by atoms with Crippen LogP contribution in [0.4, 0.5) is 0 Å². The van der Waals surface area contributed by atoms with Crippen LogP contribution in [0.5, 0.6) is 0 Å². The number of carboxylic acid groups (broad SMARTS) is 2. The van der Waals surface area contributed by atoms with Crippen molar-refractivity contribution in [3.05, 3.63) is 34.9 Å². The normalized spacial score (nSPS) is 9.69. The van der Waals surface area contributed by atoms with Crippen LogP contribution in [0.2, 0.25) is 0 Å². The first-order valence-electron chi connectivity index (χ1n) is 4.54. The molecule has 0 heterocycles. The lowest BCUT2D eigenvalue weighted by Crippen LogP contribution is -2.10. The van der Waals surface area contributed by atoms with Gasteiger partial charge in [0.25, 0.3) is 0 Å². The molecule has 0 aliphatic rings. The summed E-state index contributed by atoms with van der Waals surface area (Å²) in [5, 5.41) is 17.9. The molecule has 0 bridgehead atoms. The molecule has 16 heavy (non-hydrogen) atoms. The minimum atomic E-state index is -1.10. The molecule has 1 rings (SSSR count). The smallest absolute Gasteiger partial charge is 0.335 e. The zero-order valence-corrected chi connectivity index (χ0v) is 8.52. The van der Waals surface area contributed by atoms with E-state index >= 15 is 0 Å². The summed E-state index contributed by atoms with van der Waals surface area (Å²) < 4.78 is 0. The van der Waals surface area contributed by atoms with E-state index in [9.17, 15) is 9.59 Å². The van der Waals surface area contributed by atoms with E-state index in [1.165, 1.54) is 18.2 Å². The number of aromatic carboxylic acids is 2. The van der Waals surface area contributed by atoms with Crippen molar-refractivity contribution < 1.29 is 19.8 Å². The lowest BCUT2D eigenvalue weighted by atomic mass is 9.92. The minimum Gasteiger partial charge on any atom is -0.478 e. The fourth-order valence-electron chi connectivity index (χ4n) is 1.56. The zero-order chi connectivity index (χ0) is 11.6. The van der Waals surface area contributed by atoms with Crippen LogP contribution >= 0.6 is 0 Å². The predicted molar refractivity (Wildman–Crippen MR) is 61.2 cm³/mol. The van der Waals surface area contributed by atoms with E-state index in [-0.39, 0.29) is 24.5 Å². The molecule has 0 aliphatic heterocycles. The Bertz CT molecular complexity index is 375. The zero-order valence-electron chi connectivity index (χ0n) is 8.52. The van der Waals surface area contributed by atoms with Crippen LogP contribution in [0, 0.1) is 0 Å². The molecule has 0 fully saturated rings. The van der Waals surface area contributed by atoms with E-state index in [2.05, 4.69) is 0 Å². The monoisotopic (exact) mass is 224 g/mol. The predicted octanol–water partition coefficient (Wildman–Crippen LogP) is 2.84. The molecule has 0 atom stereocenters. The molecule has 0 unspecified atom stereocenters. The van der Waals surface area contributed by atoms with E-state index < -0.39 is 11.9 Å². The van der Waals surface area contributed by atoms with Crippen molar-refractivity contribution in [1.29, 1.82) is 0 Å². The summed E-state index contributed by atoms with van der Waals surface area (Å²) >= 11 is 0. The van der Waals surface area contributed by atoms with Crippen LogP contribution < -0.4 is 0 Å². The van der Waals surface area contributed by atoms with Gasteiger partial charge in [-0.05, 0) is 23.6 Å². The summed E-state index contributed by atoms with van der Waals surface area (Å²) in [4.78, 5) is 21.8. The van der Waals surface area contributed by atoms with Crippen LogP contribution in [0.25, 0.3) is 0 Å². The van der Waals surface area contributed by atoms with E-state index in [1.807, 2.05) is 0 Å². The summed E-state index contributed by atoms with van der Waals surface area (Å²) in [6.45, 7) is 3.54. The van der Waals surface area contributed by atoms with Gasteiger partial charge in [0.2, 0.25) is 0 Å². The Morgan fingerprint density at radius 2 is 1.44 bits per heavy atom. The number of hydrogen-bond acceptors (Lipinski definition) is 2. The van der Waals surface area contributed by atoms with Crippen LogP contribution in [-0.4, -0.2) is 22.2 Å². The second-order valence-corrected chi connectivity index (χ2v) is 3.53. The molecule has 4 heteroatoms. The Labute approximate surface area is 94.5 Å². The molecule has 0 spiro atoms. The summed E-state index contributed by atoms with van der Waals surface area (Å²) in [5.74, 6) is -2.33. The topological polar surface area (TPSA) is 74.6 Å². The number of rotatable bonds is 3. The van der Waals surface area contributed by atoms with Crippen molar-refractivity contribution in [3.8, 4) is 0 Å². The van der Waals surface area contributed by atoms with Crippen LogP contribution in [0.1, 0.15) is 53.5 Å². The Balaban J connectivity index is 0.00000225. The van der Waals surface area contributed by atoms with Crippen molar-refractivity contribution in [2.75, 3.05) is 0 Å². The molecule has 4 nitrogen and oxygen atoms in total. The van der Waals surface area contributed by atoms with Gasteiger partial charge in [-0.2, -0.15) is 0 Å². The Kier molecular flexibility index (Phi) is 4.69. The molecule has 0 aromatic heterocycles. The summed E-state index contributed by atoms with van der Waals surface area (Å²) in [5.41, 5.74) is 0.493.